The zero-order valence-corrected chi connectivity index (χ0v) is 8.32. The van der Waals surface area contributed by atoms with Gasteiger partial charge in [-0.05, 0) is 6.92 Å². The van der Waals surface area contributed by atoms with Crippen LogP contribution in [0.25, 0.3) is 0 Å². The van der Waals surface area contributed by atoms with Crippen LogP contribution in [0, 0.1) is 0 Å². The van der Waals surface area contributed by atoms with Crippen molar-refractivity contribution in [1.29, 1.82) is 0 Å². The number of carbonyl (C=O) groups excluding carboxylic acids is 2. The van der Waals surface area contributed by atoms with E-state index in [-0.39, 0.29) is 13.1 Å². The first-order valence-corrected chi connectivity index (χ1v) is 4.82. The van der Waals surface area contributed by atoms with Crippen LogP contribution < -0.4 is 0 Å². The Morgan fingerprint density at radius 2 is 2.57 bits per heavy atom. The predicted molar refractivity (Wildman–Crippen MR) is 48.6 cm³/mol. The Kier molecular flexibility index (Phi) is 4.06. The molecule has 1 aromatic rings. The van der Waals surface area contributed by atoms with Crippen LogP contribution in [0.1, 0.15) is 18.0 Å². The highest BCUT2D eigenvalue weighted by Gasteiger charge is 2.25. The number of esters is 1. The van der Waals surface area contributed by atoms with E-state index in [4.69, 9.17) is 4.74 Å². The van der Waals surface area contributed by atoms with E-state index >= 15 is 0 Å². The SMILES string of the molecule is CCOC(=O)C(OC=O)c1nccs1. The summed E-state index contributed by atoms with van der Waals surface area (Å²) in [6.45, 7) is 2.13. The second-order valence-corrected chi connectivity index (χ2v) is 3.16. The molecule has 0 aliphatic carbocycles. The quantitative estimate of drug-likeness (QED) is 0.539. The summed E-state index contributed by atoms with van der Waals surface area (Å²) in [4.78, 5) is 25.3. The highest BCUT2D eigenvalue weighted by atomic mass is 32.1. The number of ether oxygens (including phenoxy) is 2. The number of hydrogen-bond acceptors (Lipinski definition) is 6. The molecule has 76 valence electrons. The van der Waals surface area contributed by atoms with Gasteiger partial charge in [-0.25, -0.2) is 9.78 Å². The highest BCUT2D eigenvalue weighted by molar-refractivity contribution is 7.09. The highest BCUT2D eigenvalue weighted by Crippen LogP contribution is 2.20. The topological polar surface area (TPSA) is 65.5 Å². The molecule has 0 fully saturated rings. The summed E-state index contributed by atoms with van der Waals surface area (Å²) < 4.78 is 9.32. The fourth-order valence-corrected chi connectivity index (χ4v) is 1.51. The molecule has 0 aromatic carbocycles. The Hall–Kier alpha value is -1.43. The fourth-order valence-electron chi connectivity index (χ4n) is 0.852. The molecule has 0 amide bonds. The molecule has 6 heteroatoms. The van der Waals surface area contributed by atoms with E-state index in [1.165, 1.54) is 17.5 Å². The van der Waals surface area contributed by atoms with E-state index in [0.717, 1.165) is 0 Å². The Balaban J connectivity index is 2.73. The maximum Gasteiger partial charge on any atom is 0.354 e. The third-order valence-corrected chi connectivity index (χ3v) is 2.19. The first-order valence-electron chi connectivity index (χ1n) is 3.94. The lowest BCUT2D eigenvalue weighted by Gasteiger charge is -2.10. The van der Waals surface area contributed by atoms with Gasteiger partial charge in [-0.2, -0.15) is 0 Å². The molecular weight excluding hydrogens is 206 g/mol. The minimum absolute atomic E-state index is 0.211. The summed E-state index contributed by atoms with van der Waals surface area (Å²) in [5, 5.41) is 2.10. The van der Waals surface area contributed by atoms with Crippen LogP contribution in [0.5, 0.6) is 0 Å². The minimum atomic E-state index is -1.03. The Morgan fingerprint density at radius 3 is 3.07 bits per heavy atom. The minimum Gasteiger partial charge on any atom is -0.463 e. The molecule has 0 radical (unpaired) electrons. The van der Waals surface area contributed by atoms with Crippen molar-refractivity contribution < 1.29 is 19.1 Å². The van der Waals surface area contributed by atoms with Crippen LogP contribution in [0.4, 0.5) is 0 Å². The van der Waals surface area contributed by atoms with Crippen molar-refractivity contribution in [3.05, 3.63) is 16.6 Å². The number of thiazole rings is 1. The maximum absolute atomic E-state index is 11.3. The van der Waals surface area contributed by atoms with Gasteiger partial charge in [0.15, 0.2) is 0 Å². The molecule has 0 aliphatic heterocycles. The van der Waals surface area contributed by atoms with Crippen molar-refractivity contribution >= 4 is 23.8 Å². The van der Waals surface area contributed by atoms with E-state index < -0.39 is 12.1 Å². The van der Waals surface area contributed by atoms with Gasteiger partial charge >= 0.3 is 5.97 Å². The number of nitrogens with zero attached hydrogens (tertiary/aromatic N) is 1. The second kappa shape index (κ2) is 5.33. The molecule has 1 heterocycles. The van der Waals surface area contributed by atoms with Crippen molar-refractivity contribution in [3.63, 3.8) is 0 Å². The van der Waals surface area contributed by atoms with Crippen molar-refractivity contribution in [3.8, 4) is 0 Å². The Bertz CT molecular complexity index is 298. The molecule has 1 rings (SSSR count). The summed E-state index contributed by atoms with van der Waals surface area (Å²) in [6.07, 6.45) is 0.493. The van der Waals surface area contributed by atoms with Gasteiger partial charge in [0.1, 0.15) is 5.01 Å². The molecule has 1 atom stereocenters. The monoisotopic (exact) mass is 215 g/mol. The smallest absolute Gasteiger partial charge is 0.354 e. The van der Waals surface area contributed by atoms with Crippen molar-refractivity contribution in [1.82, 2.24) is 4.98 Å². The van der Waals surface area contributed by atoms with Gasteiger partial charge in [0.2, 0.25) is 6.10 Å². The van der Waals surface area contributed by atoms with Gasteiger partial charge in [0, 0.05) is 11.6 Å². The Labute approximate surface area is 84.7 Å². The average Bonchev–Trinajstić information content (AvgIpc) is 2.67. The van der Waals surface area contributed by atoms with E-state index in [1.807, 2.05) is 0 Å². The summed E-state index contributed by atoms with van der Waals surface area (Å²) in [6, 6.07) is 0. The Morgan fingerprint density at radius 1 is 1.79 bits per heavy atom. The normalized spacial score (nSPS) is 11.8. The zero-order valence-electron chi connectivity index (χ0n) is 7.50. The molecule has 0 N–H and O–H groups in total. The lowest BCUT2D eigenvalue weighted by atomic mass is 10.4. The van der Waals surface area contributed by atoms with E-state index in [9.17, 15) is 9.59 Å². The second-order valence-electron chi connectivity index (χ2n) is 2.23. The third kappa shape index (κ3) is 2.53. The van der Waals surface area contributed by atoms with Gasteiger partial charge < -0.3 is 9.47 Å². The molecule has 0 saturated heterocycles. The van der Waals surface area contributed by atoms with Gasteiger partial charge in [-0.1, -0.05) is 0 Å². The van der Waals surface area contributed by atoms with Crippen LogP contribution in [0.15, 0.2) is 11.6 Å². The fraction of sp³-hybridized carbons (Fsp3) is 0.375. The van der Waals surface area contributed by atoms with Gasteiger partial charge in [0.25, 0.3) is 6.47 Å². The number of aromatic nitrogens is 1. The van der Waals surface area contributed by atoms with Crippen LogP contribution in [-0.2, 0) is 19.1 Å². The first kappa shape index (κ1) is 10.6. The number of rotatable bonds is 5. The van der Waals surface area contributed by atoms with Crippen molar-refractivity contribution in [2.24, 2.45) is 0 Å². The molecule has 0 saturated carbocycles. The molecule has 1 aromatic heterocycles. The van der Waals surface area contributed by atoms with Gasteiger partial charge in [-0.3, -0.25) is 4.79 Å². The van der Waals surface area contributed by atoms with Crippen LogP contribution in [-0.4, -0.2) is 24.0 Å². The summed E-state index contributed by atoms with van der Waals surface area (Å²) in [7, 11) is 0. The lowest BCUT2D eigenvalue weighted by Crippen LogP contribution is -2.18. The summed E-state index contributed by atoms with van der Waals surface area (Å²) >= 11 is 1.23. The standard InChI is InChI=1S/C8H9NO4S/c1-2-12-8(11)6(13-5-10)7-9-3-4-14-7/h3-6H,2H2,1H3. The molecular formula is C8H9NO4S. The molecule has 1 unspecified atom stereocenters. The average molecular weight is 215 g/mol. The summed E-state index contributed by atoms with van der Waals surface area (Å²) in [5.74, 6) is -0.602. The van der Waals surface area contributed by atoms with Crippen molar-refractivity contribution in [2.45, 2.75) is 13.0 Å². The largest absolute Gasteiger partial charge is 0.463 e. The van der Waals surface area contributed by atoms with E-state index in [1.54, 1.807) is 12.3 Å². The summed E-state index contributed by atoms with van der Waals surface area (Å²) in [5.41, 5.74) is 0. The zero-order chi connectivity index (χ0) is 10.4. The van der Waals surface area contributed by atoms with Crippen LogP contribution in [0.2, 0.25) is 0 Å². The molecule has 14 heavy (non-hydrogen) atoms. The molecule has 0 aliphatic rings. The predicted octanol–water partition coefficient (Wildman–Crippen LogP) is 0.920. The number of carbonyl (C=O) groups is 2. The van der Waals surface area contributed by atoms with Crippen LogP contribution in [0.3, 0.4) is 0 Å². The molecule has 5 nitrogen and oxygen atoms in total. The molecule has 0 spiro atoms. The maximum atomic E-state index is 11.3. The van der Waals surface area contributed by atoms with E-state index in [2.05, 4.69) is 9.72 Å². The van der Waals surface area contributed by atoms with E-state index in [0.29, 0.717) is 5.01 Å². The third-order valence-electron chi connectivity index (χ3n) is 1.37. The van der Waals surface area contributed by atoms with Gasteiger partial charge in [-0.15, -0.1) is 11.3 Å². The van der Waals surface area contributed by atoms with Crippen molar-refractivity contribution in [2.75, 3.05) is 6.61 Å². The number of hydrogen-bond donors (Lipinski definition) is 0. The first-order chi connectivity index (χ1) is 6.79. The lowest BCUT2D eigenvalue weighted by molar-refractivity contribution is -0.161. The van der Waals surface area contributed by atoms with Crippen LogP contribution >= 0.6 is 11.3 Å². The molecule has 0 bridgehead atoms. The van der Waals surface area contributed by atoms with Gasteiger partial charge in [0.05, 0.1) is 6.61 Å².